The minimum Gasteiger partial charge on any atom is -0.386 e. The maximum atomic E-state index is 13.3. The molecule has 0 spiro atoms. The van der Waals surface area contributed by atoms with Crippen molar-refractivity contribution in [1.29, 1.82) is 0 Å². The first-order valence-corrected chi connectivity index (χ1v) is 7.34. The third kappa shape index (κ3) is 2.99. The van der Waals surface area contributed by atoms with Crippen LogP contribution in [0.2, 0.25) is 0 Å². The number of sulfonamides is 1. The predicted octanol–water partition coefficient (Wildman–Crippen LogP) is 2.26. The highest BCUT2D eigenvalue weighted by atomic mass is 32.2. The quantitative estimate of drug-likeness (QED) is 0.909. The van der Waals surface area contributed by atoms with Crippen molar-refractivity contribution < 1.29 is 17.2 Å². The van der Waals surface area contributed by atoms with Crippen LogP contribution >= 0.6 is 11.3 Å². The number of benzene rings is 1. The SMILES string of the molecule is CNc1cc(S(=O)(=O)Nc2ncc(F)s2)ccc1F. The number of hydrogen-bond donors (Lipinski definition) is 2. The van der Waals surface area contributed by atoms with Gasteiger partial charge in [-0.15, -0.1) is 0 Å². The second-order valence-corrected chi connectivity index (χ2v) is 6.13. The van der Waals surface area contributed by atoms with Crippen LogP contribution in [0.4, 0.5) is 19.6 Å². The molecule has 2 N–H and O–H groups in total. The van der Waals surface area contributed by atoms with Crippen molar-refractivity contribution in [2.75, 3.05) is 17.1 Å². The smallest absolute Gasteiger partial charge is 0.263 e. The molecule has 102 valence electrons. The van der Waals surface area contributed by atoms with E-state index in [0.29, 0.717) is 11.3 Å². The highest BCUT2D eigenvalue weighted by molar-refractivity contribution is 7.93. The number of nitrogens with zero attached hydrogens (tertiary/aromatic N) is 1. The third-order valence-electron chi connectivity index (χ3n) is 2.22. The van der Waals surface area contributed by atoms with Crippen molar-refractivity contribution in [3.05, 3.63) is 35.3 Å². The topological polar surface area (TPSA) is 71.1 Å². The van der Waals surface area contributed by atoms with Gasteiger partial charge in [0.05, 0.1) is 16.8 Å². The van der Waals surface area contributed by atoms with E-state index in [4.69, 9.17) is 0 Å². The minimum atomic E-state index is -3.92. The Hall–Kier alpha value is -1.74. The van der Waals surface area contributed by atoms with Gasteiger partial charge >= 0.3 is 0 Å². The summed E-state index contributed by atoms with van der Waals surface area (Å²) < 4.78 is 52.1. The van der Waals surface area contributed by atoms with E-state index in [0.717, 1.165) is 24.4 Å². The van der Waals surface area contributed by atoms with Crippen molar-refractivity contribution in [2.45, 2.75) is 4.90 Å². The van der Waals surface area contributed by atoms with Gasteiger partial charge in [-0.3, -0.25) is 4.72 Å². The molecular weight excluding hydrogens is 296 g/mol. The molecule has 2 rings (SSSR count). The summed E-state index contributed by atoms with van der Waals surface area (Å²) in [6, 6.07) is 3.28. The lowest BCUT2D eigenvalue weighted by Gasteiger charge is -2.07. The fraction of sp³-hybridized carbons (Fsp3) is 0.100. The molecule has 0 radical (unpaired) electrons. The Bertz CT molecular complexity index is 701. The molecule has 0 aliphatic heterocycles. The molecule has 0 saturated heterocycles. The first kappa shape index (κ1) is 13.7. The zero-order chi connectivity index (χ0) is 14.0. The largest absolute Gasteiger partial charge is 0.386 e. The molecule has 5 nitrogen and oxygen atoms in total. The highest BCUT2D eigenvalue weighted by Crippen LogP contribution is 2.23. The normalized spacial score (nSPS) is 11.3. The van der Waals surface area contributed by atoms with Crippen LogP contribution in [0.25, 0.3) is 0 Å². The van der Waals surface area contributed by atoms with Gasteiger partial charge in [0, 0.05) is 7.05 Å². The van der Waals surface area contributed by atoms with Crippen molar-refractivity contribution in [3.8, 4) is 0 Å². The van der Waals surface area contributed by atoms with Crippen LogP contribution in [-0.2, 0) is 10.0 Å². The van der Waals surface area contributed by atoms with Gasteiger partial charge in [-0.25, -0.2) is 17.8 Å². The van der Waals surface area contributed by atoms with Crippen LogP contribution in [0, 0.1) is 10.9 Å². The van der Waals surface area contributed by atoms with Crippen LogP contribution in [0.5, 0.6) is 0 Å². The Kier molecular flexibility index (Phi) is 3.67. The average Bonchev–Trinajstić information content (AvgIpc) is 2.74. The molecule has 0 unspecified atom stereocenters. The van der Waals surface area contributed by atoms with Crippen LogP contribution in [0.15, 0.2) is 29.3 Å². The summed E-state index contributed by atoms with van der Waals surface area (Å²) in [5, 5.41) is 1.84. The van der Waals surface area contributed by atoms with Crippen LogP contribution in [-0.4, -0.2) is 20.4 Å². The van der Waals surface area contributed by atoms with E-state index in [-0.39, 0.29) is 15.7 Å². The van der Waals surface area contributed by atoms with Gasteiger partial charge in [-0.05, 0) is 18.2 Å². The van der Waals surface area contributed by atoms with E-state index in [1.54, 1.807) is 0 Å². The zero-order valence-corrected chi connectivity index (χ0v) is 11.3. The monoisotopic (exact) mass is 305 g/mol. The Morgan fingerprint density at radius 1 is 1.32 bits per heavy atom. The third-order valence-corrected chi connectivity index (χ3v) is 4.38. The van der Waals surface area contributed by atoms with Crippen LogP contribution < -0.4 is 10.0 Å². The number of nitrogens with one attached hydrogen (secondary N) is 2. The van der Waals surface area contributed by atoms with E-state index in [2.05, 4.69) is 15.0 Å². The summed E-state index contributed by atoms with van der Waals surface area (Å²) in [6.07, 6.45) is 0.909. The van der Waals surface area contributed by atoms with E-state index in [1.807, 2.05) is 0 Å². The van der Waals surface area contributed by atoms with Crippen molar-refractivity contribution in [2.24, 2.45) is 0 Å². The van der Waals surface area contributed by atoms with E-state index in [1.165, 1.54) is 7.05 Å². The number of hydrogen-bond acceptors (Lipinski definition) is 5. The second-order valence-electron chi connectivity index (χ2n) is 3.47. The Labute approximate surface area is 112 Å². The van der Waals surface area contributed by atoms with Crippen molar-refractivity contribution >= 4 is 32.2 Å². The maximum absolute atomic E-state index is 13.3. The van der Waals surface area contributed by atoms with Gasteiger partial charge < -0.3 is 5.32 Å². The number of anilines is 2. The second kappa shape index (κ2) is 5.10. The fourth-order valence-electron chi connectivity index (χ4n) is 1.34. The maximum Gasteiger partial charge on any atom is 0.263 e. The Morgan fingerprint density at radius 2 is 2.05 bits per heavy atom. The molecule has 19 heavy (non-hydrogen) atoms. The van der Waals surface area contributed by atoms with E-state index >= 15 is 0 Å². The highest BCUT2D eigenvalue weighted by Gasteiger charge is 2.18. The molecule has 0 bridgehead atoms. The summed E-state index contributed by atoms with van der Waals surface area (Å²) in [5.41, 5.74) is 0.0493. The molecule has 1 aromatic carbocycles. The lowest BCUT2D eigenvalue weighted by atomic mass is 10.3. The first-order chi connectivity index (χ1) is 8.92. The van der Waals surface area contributed by atoms with Gasteiger partial charge in [-0.2, -0.15) is 4.39 Å². The first-order valence-electron chi connectivity index (χ1n) is 5.04. The number of halogens is 2. The molecule has 0 saturated carbocycles. The van der Waals surface area contributed by atoms with Gasteiger partial charge in [0.25, 0.3) is 10.0 Å². The van der Waals surface area contributed by atoms with Crippen LogP contribution in [0.3, 0.4) is 0 Å². The van der Waals surface area contributed by atoms with Gasteiger partial charge in [0.2, 0.25) is 0 Å². The number of aromatic nitrogens is 1. The van der Waals surface area contributed by atoms with E-state index < -0.39 is 21.0 Å². The van der Waals surface area contributed by atoms with Gasteiger partial charge in [-0.1, -0.05) is 11.3 Å². The zero-order valence-electron chi connectivity index (χ0n) is 9.65. The lowest BCUT2D eigenvalue weighted by Crippen LogP contribution is -2.13. The predicted molar refractivity (Wildman–Crippen MR) is 68.8 cm³/mol. The Morgan fingerprint density at radius 3 is 2.63 bits per heavy atom. The summed E-state index contributed by atoms with van der Waals surface area (Å²) >= 11 is 0.565. The molecule has 0 amide bonds. The van der Waals surface area contributed by atoms with Gasteiger partial charge in [0.15, 0.2) is 10.3 Å². The molecule has 2 aromatic rings. The fourth-order valence-corrected chi connectivity index (χ4v) is 3.15. The molecular formula is C10H9F2N3O2S2. The van der Waals surface area contributed by atoms with E-state index in [9.17, 15) is 17.2 Å². The molecule has 0 aliphatic carbocycles. The molecule has 0 atom stereocenters. The molecule has 1 heterocycles. The lowest BCUT2D eigenvalue weighted by molar-refractivity contribution is 0.600. The summed E-state index contributed by atoms with van der Waals surface area (Å²) in [5.74, 6) is -0.568. The standard InChI is InChI=1S/C10H9F2N3O2S2/c1-13-8-4-6(2-3-7(8)11)19(16,17)15-10-14-5-9(12)18-10/h2-5,13H,1H3,(H,14,15). The molecule has 9 heteroatoms. The molecule has 0 aliphatic rings. The number of thiazole rings is 1. The summed E-state index contributed by atoms with van der Waals surface area (Å²) in [7, 11) is -2.45. The number of rotatable bonds is 4. The summed E-state index contributed by atoms with van der Waals surface area (Å²) in [4.78, 5) is 3.41. The Balaban J connectivity index is 2.34. The van der Waals surface area contributed by atoms with Crippen molar-refractivity contribution in [3.63, 3.8) is 0 Å². The minimum absolute atomic E-state index is 0.0493. The molecule has 1 aromatic heterocycles. The van der Waals surface area contributed by atoms with Gasteiger partial charge in [0.1, 0.15) is 5.82 Å². The van der Waals surface area contributed by atoms with Crippen LogP contribution in [0.1, 0.15) is 0 Å². The van der Waals surface area contributed by atoms with Crippen molar-refractivity contribution in [1.82, 2.24) is 4.98 Å². The summed E-state index contributed by atoms with van der Waals surface area (Å²) in [6.45, 7) is 0. The average molecular weight is 305 g/mol. The molecule has 0 fully saturated rings.